The number of halogens is 3. The van der Waals surface area contributed by atoms with Gasteiger partial charge in [0.05, 0.1) is 42.6 Å². The molecular formula is C26H24Cl2FN3O4. The van der Waals surface area contributed by atoms with E-state index in [1.807, 2.05) is 6.92 Å². The molecule has 0 saturated heterocycles. The number of nitrogens with one attached hydrogen (secondary N) is 1. The fourth-order valence-electron chi connectivity index (χ4n) is 3.45. The van der Waals surface area contributed by atoms with Gasteiger partial charge in [0.25, 0.3) is 0 Å². The van der Waals surface area contributed by atoms with Gasteiger partial charge in [0.1, 0.15) is 23.1 Å². The normalized spacial score (nSPS) is 11.1. The highest BCUT2D eigenvalue weighted by molar-refractivity contribution is 6.39. The molecule has 0 aliphatic heterocycles. The number of hydrogen-bond acceptors (Lipinski definition) is 7. The second kappa shape index (κ2) is 11.9. The van der Waals surface area contributed by atoms with Gasteiger partial charge in [0, 0.05) is 36.0 Å². The van der Waals surface area contributed by atoms with Gasteiger partial charge in [-0.25, -0.2) is 14.4 Å². The van der Waals surface area contributed by atoms with Crippen LogP contribution in [0.1, 0.15) is 22.3 Å². The molecule has 0 bridgehead atoms. The summed E-state index contributed by atoms with van der Waals surface area (Å²) in [5.41, 5.74) is 2.44. The molecule has 0 radical (unpaired) electrons. The second-order valence-electron chi connectivity index (χ2n) is 7.52. The third-order valence-corrected chi connectivity index (χ3v) is 6.08. The number of carbonyl (C=O) groups is 1. The zero-order chi connectivity index (χ0) is 26.4. The highest BCUT2D eigenvalue weighted by Crippen LogP contribution is 2.44. The molecule has 0 atom stereocenters. The summed E-state index contributed by atoms with van der Waals surface area (Å²) in [5.74, 6) is 0.455. The van der Waals surface area contributed by atoms with Gasteiger partial charge in [-0.2, -0.15) is 0 Å². The summed E-state index contributed by atoms with van der Waals surface area (Å²) < 4.78 is 31.0. The molecule has 7 nitrogen and oxygen atoms in total. The topological polar surface area (TPSA) is 82.6 Å². The lowest BCUT2D eigenvalue weighted by Crippen LogP contribution is -2.07. The van der Waals surface area contributed by atoms with Crippen LogP contribution < -0.4 is 19.5 Å². The molecular weight excluding hydrogens is 508 g/mol. The van der Waals surface area contributed by atoms with Gasteiger partial charge in [-0.15, -0.1) is 0 Å². The number of aromatic nitrogens is 2. The van der Waals surface area contributed by atoms with E-state index >= 15 is 4.39 Å². The summed E-state index contributed by atoms with van der Waals surface area (Å²) in [6.45, 7) is 5.38. The van der Waals surface area contributed by atoms with Crippen LogP contribution in [0.4, 0.5) is 16.0 Å². The van der Waals surface area contributed by atoms with Crippen LogP contribution in [-0.2, 0) is 11.2 Å². The van der Waals surface area contributed by atoms with Gasteiger partial charge in [0.15, 0.2) is 5.78 Å². The van der Waals surface area contributed by atoms with Crippen molar-refractivity contribution >= 4 is 52.5 Å². The first-order chi connectivity index (χ1) is 17.2. The largest absolute Gasteiger partial charge is 0.496 e. The number of ketones is 1. The Morgan fingerprint density at radius 2 is 1.64 bits per heavy atom. The minimum atomic E-state index is -0.722. The first-order valence-corrected chi connectivity index (χ1v) is 11.4. The predicted molar refractivity (Wildman–Crippen MR) is 140 cm³/mol. The minimum absolute atomic E-state index is 0.00589. The van der Waals surface area contributed by atoms with Crippen molar-refractivity contribution in [1.29, 1.82) is 0 Å². The summed E-state index contributed by atoms with van der Waals surface area (Å²) >= 11 is 12.6. The van der Waals surface area contributed by atoms with Crippen LogP contribution in [0.15, 0.2) is 43.2 Å². The van der Waals surface area contributed by atoms with Crippen molar-refractivity contribution in [3.63, 3.8) is 0 Å². The maximum absolute atomic E-state index is 15.2. The second-order valence-corrected chi connectivity index (χ2v) is 8.27. The van der Waals surface area contributed by atoms with E-state index in [2.05, 4.69) is 21.9 Å². The van der Waals surface area contributed by atoms with E-state index in [9.17, 15) is 4.79 Å². The van der Waals surface area contributed by atoms with Gasteiger partial charge in [-0.05, 0) is 30.7 Å². The number of anilines is 2. The minimum Gasteiger partial charge on any atom is -0.496 e. The van der Waals surface area contributed by atoms with Crippen molar-refractivity contribution in [1.82, 2.24) is 9.97 Å². The zero-order valence-corrected chi connectivity index (χ0v) is 21.6. The maximum Gasteiger partial charge on any atom is 0.227 e. The van der Waals surface area contributed by atoms with Gasteiger partial charge >= 0.3 is 0 Å². The molecule has 0 amide bonds. The SMILES string of the molecule is C=CC(=O)Cc1ccc(OC)c(C)c1Nc1ncc(/C=C(\F)c2c(Cl)c(OC)cc(OC)c2Cl)cn1. The molecule has 1 N–H and O–H groups in total. The number of hydrogen-bond donors (Lipinski definition) is 1. The molecule has 0 unspecified atom stereocenters. The average Bonchev–Trinajstić information content (AvgIpc) is 2.87. The molecule has 2 aromatic carbocycles. The number of benzene rings is 2. The van der Waals surface area contributed by atoms with Crippen molar-refractivity contribution in [3.8, 4) is 17.2 Å². The molecule has 0 aliphatic rings. The van der Waals surface area contributed by atoms with Crippen molar-refractivity contribution in [3.05, 3.63) is 75.5 Å². The first kappa shape index (κ1) is 27.0. The van der Waals surface area contributed by atoms with E-state index in [1.165, 1.54) is 44.8 Å². The third kappa shape index (κ3) is 5.78. The molecule has 3 aromatic rings. The van der Waals surface area contributed by atoms with Gasteiger partial charge in [-0.1, -0.05) is 35.8 Å². The average molecular weight is 532 g/mol. The first-order valence-electron chi connectivity index (χ1n) is 10.6. The molecule has 0 spiro atoms. The van der Waals surface area contributed by atoms with Crippen LogP contribution >= 0.6 is 23.2 Å². The highest BCUT2D eigenvalue weighted by Gasteiger charge is 2.21. The molecule has 1 aromatic heterocycles. The van der Waals surface area contributed by atoms with Crippen LogP contribution in [0, 0.1) is 6.92 Å². The molecule has 188 valence electrons. The van der Waals surface area contributed by atoms with Crippen LogP contribution in [0.2, 0.25) is 10.0 Å². The van der Waals surface area contributed by atoms with E-state index < -0.39 is 5.83 Å². The predicted octanol–water partition coefficient (Wildman–Crippen LogP) is 6.63. The van der Waals surface area contributed by atoms with Crippen molar-refractivity contribution in [2.24, 2.45) is 0 Å². The summed E-state index contributed by atoms with van der Waals surface area (Å²) in [6, 6.07) is 5.05. The van der Waals surface area contributed by atoms with Gasteiger partial charge in [-0.3, -0.25) is 4.79 Å². The number of nitrogens with zero attached hydrogens (tertiary/aromatic N) is 2. The number of ether oxygens (including phenoxy) is 3. The molecule has 0 fully saturated rings. The standard InChI is InChI=1S/C26H24Cl2FN3O4/c1-6-17(33)10-16-7-8-19(34-3)14(2)25(16)32-26-30-12-15(13-31-26)9-18(29)22-23(27)20(35-4)11-21(36-5)24(22)28/h6-9,11-13H,1,10H2,2-5H3,(H,30,31,32)/b18-9-. The van der Waals surface area contributed by atoms with E-state index in [4.69, 9.17) is 37.4 Å². The number of rotatable bonds is 10. The molecule has 10 heteroatoms. The maximum atomic E-state index is 15.2. The number of methoxy groups -OCH3 is 3. The quantitative estimate of drug-likeness (QED) is 0.294. The Morgan fingerprint density at radius 1 is 1.06 bits per heavy atom. The Bertz CT molecular complexity index is 1300. The molecule has 0 aliphatic carbocycles. The number of allylic oxidation sites excluding steroid dienone is 1. The van der Waals surface area contributed by atoms with Crippen LogP contribution in [0.5, 0.6) is 17.2 Å². The van der Waals surface area contributed by atoms with Crippen LogP contribution in [-0.4, -0.2) is 37.1 Å². The Balaban J connectivity index is 1.94. The Morgan fingerprint density at radius 3 is 2.17 bits per heavy atom. The van der Waals surface area contributed by atoms with E-state index in [0.717, 1.165) is 11.1 Å². The fraction of sp³-hybridized carbons (Fsp3) is 0.192. The highest BCUT2D eigenvalue weighted by atomic mass is 35.5. The van der Waals surface area contributed by atoms with Crippen molar-refractivity contribution in [2.75, 3.05) is 26.6 Å². The fourth-order valence-corrected chi connectivity index (χ4v) is 4.13. The molecule has 1 heterocycles. The lowest BCUT2D eigenvalue weighted by atomic mass is 10.0. The van der Waals surface area contributed by atoms with Crippen LogP contribution in [0.25, 0.3) is 11.9 Å². The smallest absolute Gasteiger partial charge is 0.227 e. The van der Waals surface area contributed by atoms with Crippen molar-refractivity contribution in [2.45, 2.75) is 13.3 Å². The van der Waals surface area contributed by atoms with Crippen molar-refractivity contribution < 1.29 is 23.4 Å². The molecule has 36 heavy (non-hydrogen) atoms. The van der Waals surface area contributed by atoms with Crippen LogP contribution in [0.3, 0.4) is 0 Å². The van der Waals surface area contributed by atoms with Gasteiger partial charge < -0.3 is 19.5 Å². The summed E-state index contributed by atoms with van der Waals surface area (Å²) in [7, 11) is 4.37. The Hall–Kier alpha value is -3.62. The van der Waals surface area contributed by atoms with E-state index in [0.29, 0.717) is 17.0 Å². The summed E-state index contributed by atoms with van der Waals surface area (Å²) in [6.07, 6.45) is 5.47. The lowest BCUT2D eigenvalue weighted by Gasteiger charge is -2.16. The Kier molecular flexibility index (Phi) is 8.90. The Labute approximate surface area is 218 Å². The third-order valence-electron chi connectivity index (χ3n) is 5.33. The van der Waals surface area contributed by atoms with Gasteiger partial charge in [0.2, 0.25) is 5.95 Å². The lowest BCUT2D eigenvalue weighted by molar-refractivity contribution is -0.114. The van der Waals surface area contributed by atoms with E-state index in [-0.39, 0.29) is 45.3 Å². The van der Waals surface area contributed by atoms with E-state index in [1.54, 1.807) is 19.2 Å². The molecule has 0 saturated carbocycles. The zero-order valence-electron chi connectivity index (χ0n) is 20.1. The molecule has 3 rings (SSSR count). The number of carbonyl (C=O) groups excluding carboxylic acids is 1. The summed E-state index contributed by atoms with van der Waals surface area (Å²) in [5, 5.41) is 3.14. The monoisotopic (exact) mass is 531 g/mol. The summed E-state index contributed by atoms with van der Waals surface area (Å²) in [4.78, 5) is 20.5.